The summed E-state index contributed by atoms with van der Waals surface area (Å²) in [4.78, 5) is 31.0. The monoisotopic (exact) mass is 395 g/mol. The third-order valence-electron chi connectivity index (χ3n) is 5.23. The first kappa shape index (κ1) is 18.8. The van der Waals surface area contributed by atoms with E-state index in [1.165, 1.54) is 0 Å². The number of aliphatic imine (C=N–C) groups is 1. The second-order valence-corrected chi connectivity index (χ2v) is 6.98. The van der Waals surface area contributed by atoms with Gasteiger partial charge in [-0.1, -0.05) is 12.1 Å². The number of hydrogen-bond acceptors (Lipinski definition) is 5. The molecule has 0 aromatic heterocycles. The van der Waals surface area contributed by atoms with Gasteiger partial charge in [-0.25, -0.2) is 9.79 Å². The first-order valence-electron chi connectivity index (χ1n) is 9.16. The number of carbonyl (C=O) groups is 2. The van der Waals surface area contributed by atoms with Crippen LogP contribution in [0.5, 0.6) is 17.2 Å². The molecule has 2 aromatic rings. The fourth-order valence-electron chi connectivity index (χ4n) is 3.85. The normalized spacial score (nSPS) is 20.8. The Morgan fingerprint density at radius 1 is 1.17 bits per heavy atom. The molecule has 0 spiro atoms. The third kappa shape index (κ3) is 3.49. The van der Waals surface area contributed by atoms with Crippen molar-refractivity contribution in [1.82, 2.24) is 10.2 Å². The average molecular weight is 395 g/mol. The Morgan fingerprint density at radius 3 is 2.72 bits per heavy atom. The highest BCUT2D eigenvalue weighted by Crippen LogP contribution is 2.35. The SMILES string of the molecule is COc1ccc(CN2CC3=NC(=O)NC(c4cccc(O)c4)C3C2=O)c(OC)c1. The average Bonchev–Trinajstić information content (AvgIpc) is 3.02. The fraction of sp³-hybridized carbons (Fsp3) is 0.286. The molecule has 2 unspecified atom stereocenters. The molecule has 29 heavy (non-hydrogen) atoms. The molecule has 0 radical (unpaired) electrons. The van der Waals surface area contributed by atoms with Crippen LogP contribution in [0.3, 0.4) is 0 Å². The van der Waals surface area contributed by atoms with Crippen LogP contribution in [0.25, 0.3) is 0 Å². The molecule has 0 saturated carbocycles. The van der Waals surface area contributed by atoms with Crippen molar-refractivity contribution in [1.29, 1.82) is 0 Å². The van der Waals surface area contributed by atoms with Gasteiger partial charge in [0.1, 0.15) is 23.2 Å². The van der Waals surface area contributed by atoms with E-state index in [2.05, 4.69) is 10.3 Å². The lowest BCUT2D eigenvalue weighted by Gasteiger charge is -2.27. The van der Waals surface area contributed by atoms with E-state index < -0.39 is 18.0 Å². The number of fused-ring (bicyclic) bond motifs is 1. The molecular formula is C21H21N3O5. The van der Waals surface area contributed by atoms with Gasteiger partial charge in [-0.05, 0) is 29.8 Å². The minimum Gasteiger partial charge on any atom is -0.508 e. The summed E-state index contributed by atoms with van der Waals surface area (Å²) in [6.45, 7) is 0.587. The van der Waals surface area contributed by atoms with Crippen LogP contribution >= 0.6 is 0 Å². The second kappa shape index (κ2) is 7.46. The highest BCUT2D eigenvalue weighted by Gasteiger charge is 2.46. The van der Waals surface area contributed by atoms with Crippen molar-refractivity contribution in [2.45, 2.75) is 12.6 Å². The largest absolute Gasteiger partial charge is 0.508 e. The third-order valence-corrected chi connectivity index (χ3v) is 5.23. The topological polar surface area (TPSA) is 100 Å². The standard InChI is InChI=1S/C21H21N3O5/c1-28-15-7-6-13(17(9-15)29-2)10-24-11-16-18(20(24)26)19(23-21(27)22-16)12-4-3-5-14(25)8-12/h3-9,18-19,25H,10-11H2,1-2H3,(H,23,27). The number of amides is 3. The van der Waals surface area contributed by atoms with Crippen LogP contribution in [-0.4, -0.2) is 48.4 Å². The smallest absolute Gasteiger partial charge is 0.341 e. The number of carbonyl (C=O) groups excluding carboxylic acids is 2. The van der Waals surface area contributed by atoms with E-state index in [9.17, 15) is 14.7 Å². The molecule has 0 aliphatic carbocycles. The van der Waals surface area contributed by atoms with Crippen LogP contribution in [-0.2, 0) is 11.3 Å². The van der Waals surface area contributed by atoms with E-state index in [0.29, 0.717) is 29.3 Å². The lowest BCUT2D eigenvalue weighted by molar-refractivity contribution is -0.131. The Hall–Kier alpha value is -3.55. The molecule has 8 heteroatoms. The molecule has 2 atom stereocenters. The van der Waals surface area contributed by atoms with Crippen molar-refractivity contribution in [2.24, 2.45) is 10.9 Å². The maximum Gasteiger partial charge on any atom is 0.341 e. The van der Waals surface area contributed by atoms with E-state index in [-0.39, 0.29) is 18.2 Å². The first-order valence-corrected chi connectivity index (χ1v) is 9.16. The van der Waals surface area contributed by atoms with Gasteiger partial charge in [0.25, 0.3) is 0 Å². The molecule has 0 bridgehead atoms. The minimum atomic E-state index is -0.598. The van der Waals surface area contributed by atoms with Gasteiger partial charge in [0.15, 0.2) is 0 Å². The van der Waals surface area contributed by atoms with E-state index in [1.54, 1.807) is 49.5 Å². The van der Waals surface area contributed by atoms with E-state index in [4.69, 9.17) is 9.47 Å². The Bertz CT molecular complexity index is 1000. The maximum atomic E-state index is 13.2. The summed E-state index contributed by atoms with van der Waals surface area (Å²) in [7, 11) is 3.14. The summed E-state index contributed by atoms with van der Waals surface area (Å²) in [5.41, 5.74) is 2.02. The molecule has 2 aliphatic rings. The number of rotatable bonds is 5. The van der Waals surface area contributed by atoms with Gasteiger partial charge in [0.05, 0.1) is 32.5 Å². The Kier molecular flexibility index (Phi) is 4.84. The molecule has 4 rings (SSSR count). The van der Waals surface area contributed by atoms with Crippen LogP contribution in [0.1, 0.15) is 17.2 Å². The van der Waals surface area contributed by atoms with Crippen LogP contribution in [0.15, 0.2) is 47.5 Å². The molecule has 150 valence electrons. The minimum absolute atomic E-state index is 0.0751. The molecule has 2 heterocycles. The molecule has 2 N–H and O–H groups in total. The number of nitrogens with one attached hydrogen (secondary N) is 1. The fourth-order valence-corrected chi connectivity index (χ4v) is 3.85. The summed E-state index contributed by atoms with van der Waals surface area (Å²) in [6, 6.07) is 10.9. The summed E-state index contributed by atoms with van der Waals surface area (Å²) >= 11 is 0. The van der Waals surface area contributed by atoms with Gasteiger partial charge in [-0.3, -0.25) is 4.79 Å². The quantitative estimate of drug-likeness (QED) is 0.809. The highest BCUT2D eigenvalue weighted by atomic mass is 16.5. The number of benzene rings is 2. The zero-order valence-electron chi connectivity index (χ0n) is 16.1. The van der Waals surface area contributed by atoms with Gasteiger partial charge in [0, 0.05) is 18.2 Å². The molecular weight excluding hydrogens is 374 g/mol. The Labute approximate surface area is 167 Å². The molecule has 2 aromatic carbocycles. The van der Waals surface area contributed by atoms with Crippen LogP contribution < -0.4 is 14.8 Å². The van der Waals surface area contributed by atoms with E-state index in [1.807, 2.05) is 12.1 Å². The van der Waals surface area contributed by atoms with E-state index >= 15 is 0 Å². The van der Waals surface area contributed by atoms with E-state index in [0.717, 1.165) is 5.56 Å². The van der Waals surface area contributed by atoms with Crippen molar-refractivity contribution in [3.05, 3.63) is 53.6 Å². The van der Waals surface area contributed by atoms with Gasteiger partial charge in [-0.15, -0.1) is 0 Å². The number of likely N-dealkylation sites (tertiary alicyclic amines) is 1. The number of ether oxygens (including phenoxy) is 2. The van der Waals surface area contributed by atoms with Gasteiger partial charge < -0.3 is 24.8 Å². The predicted molar refractivity (Wildman–Crippen MR) is 105 cm³/mol. The number of nitrogens with zero attached hydrogens (tertiary/aromatic N) is 2. The lowest BCUT2D eigenvalue weighted by atomic mass is 9.89. The Balaban J connectivity index is 1.63. The van der Waals surface area contributed by atoms with Gasteiger partial charge in [0.2, 0.25) is 5.91 Å². The lowest BCUT2D eigenvalue weighted by Crippen LogP contribution is -2.42. The summed E-state index contributed by atoms with van der Waals surface area (Å²) in [6.07, 6.45) is 0. The molecule has 2 aliphatic heterocycles. The van der Waals surface area contributed by atoms with Crippen molar-refractivity contribution in [2.75, 3.05) is 20.8 Å². The van der Waals surface area contributed by atoms with Crippen LogP contribution in [0, 0.1) is 5.92 Å². The zero-order valence-corrected chi connectivity index (χ0v) is 16.1. The number of phenolic OH excluding ortho intramolecular Hbond substituents is 1. The van der Waals surface area contributed by atoms with Crippen LogP contribution in [0.2, 0.25) is 0 Å². The highest BCUT2D eigenvalue weighted by molar-refractivity contribution is 6.16. The second-order valence-electron chi connectivity index (χ2n) is 6.98. The Morgan fingerprint density at radius 2 is 2.00 bits per heavy atom. The summed E-state index contributed by atoms with van der Waals surface area (Å²) in [5, 5.41) is 12.6. The van der Waals surface area contributed by atoms with Crippen molar-refractivity contribution < 1.29 is 24.2 Å². The molecule has 1 saturated heterocycles. The number of methoxy groups -OCH3 is 2. The number of hydrogen-bond donors (Lipinski definition) is 2. The maximum absolute atomic E-state index is 13.2. The van der Waals surface area contributed by atoms with Gasteiger partial charge in [-0.2, -0.15) is 0 Å². The summed E-state index contributed by atoms with van der Waals surface area (Å²) in [5.74, 6) is 0.627. The first-order chi connectivity index (χ1) is 14.0. The molecule has 3 amide bonds. The van der Waals surface area contributed by atoms with Crippen molar-refractivity contribution >= 4 is 17.6 Å². The number of phenols is 1. The number of urea groups is 1. The molecule has 8 nitrogen and oxygen atoms in total. The number of aromatic hydroxyl groups is 1. The summed E-state index contributed by atoms with van der Waals surface area (Å²) < 4.78 is 10.6. The van der Waals surface area contributed by atoms with Crippen molar-refractivity contribution in [3.63, 3.8) is 0 Å². The van der Waals surface area contributed by atoms with Crippen LogP contribution in [0.4, 0.5) is 4.79 Å². The predicted octanol–water partition coefficient (Wildman–Crippen LogP) is 2.27. The van der Waals surface area contributed by atoms with Gasteiger partial charge >= 0.3 is 6.03 Å². The molecule has 1 fully saturated rings. The zero-order chi connectivity index (χ0) is 20.5. The van der Waals surface area contributed by atoms with Crippen molar-refractivity contribution in [3.8, 4) is 17.2 Å².